The Bertz CT molecular complexity index is 281. The van der Waals surface area contributed by atoms with E-state index in [1.807, 2.05) is 6.92 Å². The molecule has 118 valence electrons. The van der Waals surface area contributed by atoms with Gasteiger partial charge in [-0.25, -0.2) is 4.79 Å². The molecule has 0 aliphatic rings. The number of carboxylic acids is 1. The first-order valence-corrected chi connectivity index (χ1v) is 7.48. The van der Waals surface area contributed by atoms with E-state index in [0.29, 0.717) is 19.4 Å². The molecule has 0 aromatic heterocycles. The molecule has 0 aliphatic heterocycles. The molecule has 3 N–H and O–H groups in total. The number of carboxylic acid groups (broad SMARTS) is 1. The molecule has 6 nitrogen and oxygen atoms in total. The van der Waals surface area contributed by atoms with E-state index in [1.54, 1.807) is 0 Å². The average molecular weight is 287 g/mol. The highest BCUT2D eigenvalue weighted by molar-refractivity contribution is 5.74. The molecule has 0 rings (SSSR count). The molecule has 1 atom stereocenters. The topological polar surface area (TPSA) is 81.7 Å². The van der Waals surface area contributed by atoms with Gasteiger partial charge in [0.2, 0.25) is 0 Å². The van der Waals surface area contributed by atoms with Crippen LogP contribution in [0.25, 0.3) is 0 Å². The van der Waals surface area contributed by atoms with Crippen molar-refractivity contribution in [2.24, 2.45) is 0 Å². The van der Waals surface area contributed by atoms with E-state index in [4.69, 9.17) is 5.11 Å². The van der Waals surface area contributed by atoms with Crippen LogP contribution in [-0.2, 0) is 4.79 Å². The Morgan fingerprint density at radius 3 is 2.40 bits per heavy atom. The smallest absolute Gasteiger partial charge is 0.314 e. The van der Waals surface area contributed by atoms with Crippen LogP contribution in [0.3, 0.4) is 0 Å². The number of aliphatic carboxylic acids is 1. The fraction of sp³-hybridized carbons (Fsp3) is 0.857. The second kappa shape index (κ2) is 11.5. The molecule has 1 unspecified atom stereocenters. The molecule has 0 saturated carbocycles. The third kappa shape index (κ3) is 10.6. The summed E-state index contributed by atoms with van der Waals surface area (Å²) in [6, 6.07) is -0.176. The van der Waals surface area contributed by atoms with Crippen molar-refractivity contribution in [3.8, 4) is 0 Å². The molecule has 0 bridgehead atoms. The monoisotopic (exact) mass is 287 g/mol. The first-order chi connectivity index (χ1) is 9.49. The van der Waals surface area contributed by atoms with Gasteiger partial charge in [0.1, 0.15) is 0 Å². The molecule has 0 spiro atoms. The van der Waals surface area contributed by atoms with Crippen molar-refractivity contribution in [2.75, 3.05) is 26.2 Å². The summed E-state index contributed by atoms with van der Waals surface area (Å²) in [6.07, 6.45) is 2.35. The lowest BCUT2D eigenvalue weighted by atomic mass is 10.1. The number of urea groups is 1. The van der Waals surface area contributed by atoms with Crippen molar-refractivity contribution in [3.63, 3.8) is 0 Å². The summed E-state index contributed by atoms with van der Waals surface area (Å²) in [5, 5.41) is 14.2. The third-order valence-corrected chi connectivity index (χ3v) is 3.24. The van der Waals surface area contributed by atoms with Crippen LogP contribution >= 0.6 is 0 Å². The number of hydrogen-bond donors (Lipinski definition) is 3. The first-order valence-electron chi connectivity index (χ1n) is 7.48. The van der Waals surface area contributed by atoms with Crippen molar-refractivity contribution in [2.45, 2.75) is 52.5 Å². The Balaban J connectivity index is 3.59. The van der Waals surface area contributed by atoms with E-state index >= 15 is 0 Å². The Morgan fingerprint density at radius 2 is 1.85 bits per heavy atom. The summed E-state index contributed by atoms with van der Waals surface area (Å²) in [5.41, 5.74) is 0. The quantitative estimate of drug-likeness (QED) is 0.505. The number of nitrogens with one attached hydrogen (secondary N) is 2. The number of hydrogen-bond acceptors (Lipinski definition) is 3. The van der Waals surface area contributed by atoms with E-state index in [-0.39, 0.29) is 18.5 Å². The van der Waals surface area contributed by atoms with Gasteiger partial charge in [-0.15, -0.1) is 0 Å². The highest BCUT2D eigenvalue weighted by atomic mass is 16.4. The minimum atomic E-state index is -0.793. The van der Waals surface area contributed by atoms with Crippen LogP contribution in [0, 0.1) is 0 Å². The molecular formula is C14H29N3O3. The maximum Gasteiger partial charge on any atom is 0.314 e. The summed E-state index contributed by atoms with van der Waals surface area (Å²) in [7, 11) is 0. The molecule has 6 heteroatoms. The maximum absolute atomic E-state index is 11.6. The minimum Gasteiger partial charge on any atom is -0.481 e. The summed E-state index contributed by atoms with van der Waals surface area (Å²) >= 11 is 0. The van der Waals surface area contributed by atoms with Gasteiger partial charge in [0, 0.05) is 19.0 Å². The maximum atomic E-state index is 11.6. The molecule has 2 amide bonds. The zero-order valence-electron chi connectivity index (χ0n) is 12.9. The normalized spacial score (nSPS) is 12.2. The lowest BCUT2D eigenvalue weighted by Crippen LogP contribution is -2.41. The average Bonchev–Trinajstić information content (AvgIpc) is 2.38. The van der Waals surface area contributed by atoms with Crippen molar-refractivity contribution in [3.05, 3.63) is 0 Å². The highest BCUT2D eigenvalue weighted by Gasteiger charge is 2.07. The summed E-state index contributed by atoms with van der Waals surface area (Å²) in [4.78, 5) is 24.3. The standard InChI is InChI=1S/C14H29N3O3/c1-4-17(5-2)11-7-10-15-14(20)16-12(3)8-6-9-13(18)19/h12H,4-11H2,1-3H3,(H,18,19)(H2,15,16,20). The van der Waals surface area contributed by atoms with Gasteiger partial charge in [-0.1, -0.05) is 13.8 Å². The zero-order valence-corrected chi connectivity index (χ0v) is 12.9. The van der Waals surface area contributed by atoms with Crippen LogP contribution in [-0.4, -0.2) is 54.2 Å². The molecule has 0 fully saturated rings. The van der Waals surface area contributed by atoms with Crippen LogP contribution in [0.5, 0.6) is 0 Å². The zero-order chi connectivity index (χ0) is 15.4. The van der Waals surface area contributed by atoms with Crippen LogP contribution < -0.4 is 10.6 Å². The molecule has 0 saturated heterocycles. The summed E-state index contributed by atoms with van der Waals surface area (Å²) < 4.78 is 0. The Morgan fingerprint density at radius 1 is 1.20 bits per heavy atom. The summed E-state index contributed by atoms with van der Waals surface area (Å²) in [5.74, 6) is -0.793. The van der Waals surface area contributed by atoms with Gasteiger partial charge in [-0.2, -0.15) is 0 Å². The van der Waals surface area contributed by atoms with E-state index in [9.17, 15) is 9.59 Å². The molecule has 0 aromatic rings. The van der Waals surface area contributed by atoms with E-state index in [1.165, 1.54) is 0 Å². The van der Waals surface area contributed by atoms with Crippen LogP contribution in [0.4, 0.5) is 4.79 Å². The van der Waals surface area contributed by atoms with Gasteiger partial charge < -0.3 is 20.6 Å². The number of carbonyl (C=O) groups is 2. The Hall–Kier alpha value is -1.30. The van der Waals surface area contributed by atoms with Crippen molar-refractivity contribution >= 4 is 12.0 Å². The predicted octanol–water partition coefficient (Wildman–Crippen LogP) is 1.66. The molecule has 0 heterocycles. The van der Waals surface area contributed by atoms with Crippen LogP contribution in [0.2, 0.25) is 0 Å². The lowest BCUT2D eigenvalue weighted by molar-refractivity contribution is -0.137. The lowest BCUT2D eigenvalue weighted by Gasteiger charge is -2.18. The van der Waals surface area contributed by atoms with Crippen molar-refractivity contribution in [1.29, 1.82) is 0 Å². The van der Waals surface area contributed by atoms with Gasteiger partial charge in [0.15, 0.2) is 0 Å². The Kier molecular flexibility index (Phi) is 10.8. The number of amides is 2. The van der Waals surface area contributed by atoms with Crippen LogP contribution in [0.15, 0.2) is 0 Å². The molecule has 0 radical (unpaired) electrons. The third-order valence-electron chi connectivity index (χ3n) is 3.24. The second-order valence-corrected chi connectivity index (χ2v) is 4.97. The fourth-order valence-corrected chi connectivity index (χ4v) is 1.95. The minimum absolute atomic E-state index is 0.00266. The van der Waals surface area contributed by atoms with Gasteiger partial charge in [0.25, 0.3) is 0 Å². The number of carbonyl (C=O) groups excluding carboxylic acids is 1. The highest BCUT2D eigenvalue weighted by Crippen LogP contribution is 2.00. The molecule has 0 aliphatic carbocycles. The van der Waals surface area contributed by atoms with Crippen molar-refractivity contribution < 1.29 is 14.7 Å². The number of nitrogens with zero attached hydrogens (tertiary/aromatic N) is 1. The van der Waals surface area contributed by atoms with Crippen LogP contribution in [0.1, 0.15) is 46.5 Å². The Labute approximate surface area is 121 Å². The first kappa shape index (κ1) is 18.7. The van der Waals surface area contributed by atoms with E-state index < -0.39 is 5.97 Å². The molecule has 0 aromatic carbocycles. The largest absolute Gasteiger partial charge is 0.481 e. The van der Waals surface area contributed by atoms with Gasteiger partial charge >= 0.3 is 12.0 Å². The van der Waals surface area contributed by atoms with Gasteiger partial charge in [-0.3, -0.25) is 4.79 Å². The fourth-order valence-electron chi connectivity index (χ4n) is 1.95. The van der Waals surface area contributed by atoms with Gasteiger partial charge in [-0.05, 0) is 45.8 Å². The van der Waals surface area contributed by atoms with E-state index in [0.717, 1.165) is 26.1 Å². The second-order valence-electron chi connectivity index (χ2n) is 4.97. The molecule has 20 heavy (non-hydrogen) atoms. The van der Waals surface area contributed by atoms with Crippen molar-refractivity contribution in [1.82, 2.24) is 15.5 Å². The SMILES string of the molecule is CCN(CC)CCCNC(=O)NC(C)CCCC(=O)O. The van der Waals surface area contributed by atoms with E-state index in [2.05, 4.69) is 29.4 Å². The summed E-state index contributed by atoms with van der Waals surface area (Å²) in [6.45, 7) is 9.85. The predicted molar refractivity (Wildman–Crippen MR) is 79.9 cm³/mol. The molecular weight excluding hydrogens is 258 g/mol. The number of rotatable bonds is 11. The van der Waals surface area contributed by atoms with Gasteiger partial charge in [0.05, 0.1) is 0 Å².